The topological polar surface area (TPSA) is 3.24 Å². The molecule has 0 radical (unpaired) electrons. The number of halogens is 2. The fraction of sp³-hybridized carbons (Fsp3) is 0.500. The van der Waals surface area contributed by atoms with Crippen molar-refractivity contribution in [2.75, 3.05) is 13.6 Å². The molecule has 0 aliphatic rings. The van der Waals surface area contributed by atoms with E-state index < -0.39 is 0 Å². The molecule has 0 aliphatic heterocycles. The van der Waals surface area contributed by atoms with Gasteiger partial charge < -0.3 is 0 Å². The Morgan fingerprint density at radius 3 is 2.73 bits per heavy atom. The summed E-state index contributed by atoms with van der Waals surface area (Å²) in [5.74, 6) is 2.59. The van der Waals surface area contributed by atoms with E-state index >= 15 is 0 Å². The summed E-state index contributed by atoms with van der Waals surface area (Å²) in [7, 11) is 1.90. The first-order chi connectivity index (χ1) is 5.11. The first kappa shape index (κ1) is 10.8. The molecule has 1 nitrogen and oxygen atoms in total. The van der Waals surface area contributed by atoms with Gasteiger partial charge in [-0.05, 0) is 14.0 Å². The number of terminal acetylenes is 1. The molecule has 0 aromatic rings. The summed E-state index contributed by atoms with van der Waals surface area (Å²) in [5.41, 5.74) is 1.35. The van der Waals surface area contributed by atoms with Gasteiger partial charge >= 0.3 is 0 Å². The molecule has 0 aliphatic carbocycles. The molecule has 0 heterocycles. The molecule has 0 saturated heterocycles. The Balaban J connectivity index is 3.89. The van der Waals surface area contributed by atoms with Gasteiger partial charge in [0.15, 0.2) is 0 Å². The molecule has 0 fully saturated rings. The SMILES string of the molecule is C#CC(C)N(C)C/C(Cl)=C/Cl. The van der Waals surface area contributed by atoms with Crippen LogP contribution in [0.1, 0.15) is 6.92 Å². The molecular formula is C8H11Cl2N. The van der Waals surface area contributed by atoms with Gasteiger partial charge in [-0.1, -0.05) is 29.1 Å². The van der Waals surface area contributed by atoms with Crippen molar-refractivity contribution in [3.63, 3.8) is 0 Å². The lowest BCUT2D eigenvalue weighted by molar-refractivity contribution is 0.335. The van der Waals surface area contributed by atoms with Crippen LogP contribution in [-0.4, -0.2) is 24.5 Å². The largest absolute Gasteiger partial charge is 0.288 e. The Morgan fingerprint density at radius 1 is 1.82 bits per heavy atom. The van der Waals surface area contributed by atoms with Crippen LogP contribution in [0.3, 0.4) is 0 Å². The van der Waals surface area contributed by atoms with Crippen molar-refractivity contribution < 1.29 is 0 Å². The predicted octanol–water partition coefficient (Wildman–Crippen LogP) is 2.26. The normalized spacial score (nSPS) is 14.7. The highest BCUT2D eigenvalue weighted by Gasteiger charge is 2.05. The van der Waals surface area contributed by atoms with Gasteiger partial charge in [-0.3, -0.25) is 4.90 Å². The second-order valence-electron chi connectivity index (χ2n) is 2.31. The molecule has 0 aromatic heterocycles. The van der Waals surface area contributed by atoms with Crippen molar-refractivity contribution >= 4 is 23.2 Å². The van der Waals surface area contributed by atoms with Crippen LogP contribution in [0.4, 0.5) is 0 Å². The van der Waals surface area contributed by atoms with Gasteiger partial charge in [0.05, 0.1) is 6.04 Å². The third-order valence-corrected chi connectivity index (χ3v) is 2.02. The molecule has 3 heteroatoms. The van der Waals surface area contributed by atoms with Crippen LogP contribution in [0.15, 0.2) is 10.6 Å². The first-order valence-electron chi connectivity index (χ1n) is 3.23. The van der Waals surface area contributed by atoms with E-state index in [2.05, 4.69) is 5.92 Å². The molecule has 1 atom stereocenters. The van der Waals surface area contributed by atoms with Gasteiger partial charge in [-0.2, -0.15) is 0 Å². The van der Waals surface area contributed by atoms with Crippen molar-refractivity contribution in [3.8, 4) is 12.3 Å². The minimum Gasteiger partial charge on any atom is -0.288 e. The molecular weight excluding hydrogens is 181 g/mol. The summed E-state index contributed by atoms with van der Waals surface area (Å²) >= 11 is 11.1. The van der Waals surface area contributed by atoms with E-state index in [4.69, 9.17) is 29.6 Å². The highest BCUT2D eigenvalue weighted by Crippen LogP contribution is 2.06. The van der Waals surface area contributed by atoms with Crippen molar-refractivity contribution in [2.24, 2.45) is 0 Å². The second-order valence-corrected chi connectivity index (χ2v) is 3.02. The lowest BCUT2D eigenvalue weighted by Gasteiger charge is -2.18. The molecule has 0 N–H and O–H groups in total. The zero-order chi connectivity index (χ0) is 8.85. The van der Waals surface area contributed by atoms with E-state index in [9.17, 15) is 0 Å². The van der Waals surface area contributed by atoms with Crippen molar-refractivity contribution in [2.45, 2.75) is 13.0 Å². The number of rotatable bonds is 3. The standard InChI is InChI=1S/C8H11Cl2N/c1-4-7(2)11(3)6-8(10)5-9/h1,5,7H,6H2,2-3H3/b8-5-. The van der Waals surface area contributed by atoms with Crippen LogP contribution >= 0.6 is 23.2 Å². The highest BCUT2D eigenvalue weighted by atomic mass is 35.5. The number of nitrogens with zero attached hydrogens (tertiary/aromatic N) is 1. The molecule has 0 bridgehead atoms. The Labute approximate surface area is 78.0 Å². The Hall–Kier alpha value is -0.160. The van der Waals surface area contributed by atoms with Gasteiger partial charge in [0, 0.05) is 17.1 Å². The zero-order valence-corrected chi connectivity index (χ0v) is 8.15. The van der Waals surface area contributed by atoms with E-state index in [1.165, 1.54) is 5.54 Å². The Morgan fingerprint density at radius 2 is 2.36 bits per heavy atom. The van der Waals surface area contributed by atoms with Gasteiger partial charge in [0.2, 0.25) is 0 Å². The van der Waals surface area contributed by atoms with Gasteiger partial charge in [-0.15, -0.1) is 6.42 Å². The monoisotopic (exact) mass is 191 g/mol. The molecule has 0 amide bonds. The van der Waals surface area contributed by atoms with E-state index in [0.717, 1.165) is 0 Å². The summed E-state index contributed by atoms with van der Waals surface area (Å²) < 4.78 is 0. The third-order valence-electron chi connectivity index (χ3n) is 1.42. The van der Waals surface area contributed by atoms with Crippen molar-refractivity contribution in [3.05, 3.63) is 10.6 Å². The van der Waals surface area contributed by atoms with Crippen LogP contribution in [0, 0.1) is 12.3 Å². The van der Waals surface area contributed by atoms with E-state index in [1.807, 2.05) is 18.9 Å². The summed E-state index contributed by atoms with van der Waals surface area (Å²) in [5, 5.41) is 0.594. The molecule has 0 spiro atoms. The van der Waals surface area contributed by atoms with Crippen LogP contribution in [0.5, 0.6) is 0 Å². The fourth-order valence-corrected chi connectivity index (χ4v) is 0.794. The van der Waals surface area contributed by atoms with Crippen LogP contribution < -0.4 is 0 Å². The Kier molecular flexibility index (Phi) is 5.41. The third kappa shape index (κ3) is 4.31. The first-order valence-corrected chi connectivity index (χ1v) is 4.04. The van der Waals surface area contributed by atoms with Gasteiger partial charge in [-0.25, -0.2) is 0 Å². The summed E-state index contributed by atoms with van der Waals surface area (Å²) in [6.45, 7) is 2.52. The average molecular weight is 192 g/mol. The summed E-state index contributed by atoms with van der Waals surface area (Å²) in [4.78, 5) is 1.93. The van der Waals surface area contributed by atoms with Crippen molar-refractivity contribution in [1.29, 1.82) is 0 Å². The average Bonchev–Trinajstić information content (AvgIpc) is 2.02. The van der Waals surface area contributed by atoms with Crippen molar-refractivity contribution in [1.82, 2.24) is 4.90 Å². The molecule has 0 rings (SSSR count). The molecule has 0 saturated carbocycles. The van der Waals surface area contributed by atoms with Crippen LogP contribution in [0.25, 0.3) is 0 Å². The maximum atomic E-state index is 5.68. The molecule has 62 valence electrons. The summed E-state index contributed by atoms with van der Waals surface area (Å²) in [6, 6.07) is 0.0837. The summed E-state index contributed by atoms with van der Waals surface area (Å²) in [6.07, 6.45) is 5.20. The Bertz CT molecular complexity index is 181. The van der Waals surface area contributed by atoms with E-state index in [0.29, 0.717) is 11.6 Å². The fourth-order valence-electron chi connectivity index (χ4n) is 0.537. The smallest absolute Gasteiger partial charge is 0.0684 e. The maximum absolute atomic E-state index is 5.68. The maximum Gasteiger partial charge on any atom is 0.0684 e. The van der Waals surface area contributed by atoms with E-state index in [1.54, 1.807) is 0 Å². The minimum atomic E-state index is 0.0837. The lowest BCUT2D eigenvalue weighted by atomic mass is 10.3. The minimum absolute atomic E-state index is 0.0837. The quantitative estimate of drug-likeness (QED) is 0.620. The highest BCUT2D eigenvalue weighted by molar-refractivity contribution is 6.36. The second kappa shape index (κ2) is 5.49. The molecule has 0 aromatic carbocycles. The van der Waals surface area contributed by atoms with Gasteiger partial charge in [0.1, 0.15) is 0 Å². The molecule has 1 unspecified atom stereocenters. The molecule has 11 heavy (non-hydrogen) atoms. The number of likely N-dealkylation sites (N-methyl/N-ethyl adjacent to an activating group) is 1. The van der Waals surface area contributed by atoms with Crippen LogP contribution in [-0.2, 0) is 0 Å². The van der Waals surface area contributed by atoms with Gasteiger partial charge in [0.25, 0.3) is 0 Å². The van der Waals surface area contributed by atoms with Crippen LogP contribution in [0.2, 0.25) is 0 Å². The van der Waals surface area contributed by atoms with E-state index in [-0.39, 0.29) is 6.04 Å². The zero-order valence-electron chi connectivity index (χ0n) is 6.64. The number of hydrogen-bond acceptors (Lipinski definition) is 1. The lowest BCUT2D eigenvalue weighted by Crippen LogP contribution is -2.28. The number of hydrogen-bond donors (Lipinski definition) is 0. The predicted molar refractivity (Wildman–Crippen MR) is 50.7 cm³/mol.